The summed E-state index contributed by atoms with van der Waals surface area (Å²) in [7, 11) is 0. The number of amides is 3. The summed E-state index contributed by atoms with van der Waals surface area (Å²) >= 11 is 0. The van der Waals surface area contributed by atoms with E-state index in [2.05, 4.69) is 26.6 Å². The first kappa shape index (κ1) is 36.4. The molecule has 16 nitrogen and oxygen atoms in total. The topological polar surface area (TPSA) is 295 Å². The maximum atomic E-state index is 13.4. The summed E-state index contributed by atoms with van der Waals surface area (Å²) < 4.78 is 0. The average molecular weight is 607 g/mol. The molecule has 0 radical (unpaired) electrons. The monoisotopic (exact) mass is 606 g/mol. The Kier molecular flexibility index (Phi) is 15.9. The lowest BCUT2D eigenvalue weighted by molar-refractivity contribution is -0.142. The summed E-state index contributed by atoms with van der Waals surface area (Å²) in [6.45, 7) is 4.10. The van der Waals surface area contributed by atoms with Crippen molar-refractivity contribution < 1.29 is 29.4 Å². The Morgan fingerprint density at radius 3 is 1.65 bits per heavy atom. The van der Waals surface area contributed by atoms with E-state index in [1.807, 2.05) is 13.8 Å². The first-order valence-corrected chi connectivity index (χ1v) is 14.0. The molecule has 0 heterocycles. The molecular weight excluding hydrogens is 560 g/mol. The molecule has 43 heavy (non-hydrogen) atoms. The number of phenolic OH excluding ortho intramolecular Hbond substituents is 1. The lowest BCUT2D eigenvalue weighted by Gasteiger charge is -2.26. The number of rotatable bonds is 19. The van der Waals surface area contributed by atoms with Gasteiger partial charge in [-0.15, -0.1) is 0 Å². The van der Waals surface area contributed by atoms with Crippen LogP contribution in [0.1, 0.15) is 51.5 Å². The molecule has 0 spiro atoms. The molecule has 1 aromatic rings. The molecular formula is C27H46N10O6. The Labute approximate surface area is 250 Å². The standard InChI is InChI=1S/C27H46N10O6/c1-15(2)13-21(25(42)43)37-24(41)20(6-4-12-34-27(31)32)36-23(40)19(5-3-11-33-26(29)30)35-22(39)18(28)14-16-7-9-17(38)10-8-16/h7-10,15,18-21,38H,3-6,11-14,28H2,1-2H3,(H,35,39)(H,36,40)(H,37,41)(H,42,43)(H4,29,30,33)(H4,31,32,34)/t18-,19-,20-,21-/m0/s1. The largest absolute Gasteiger partial charge is 0.508 e. The maximum Gasteiger partial charge on any atom is 0.326 e. The van der Waals surface area contributed by atoms with E-state index in [-0.39, 0.29) is 62.4 Å². The van der Waals surface area contributed by atoms with Gasteiger partial charge < -0.3 is 54.0 Å². The van der Waals surface area contributed by atoms with Crippen LogP contribution in [0.25, 0.3) is 0 Å². The Morgan fingerprint density at radius 1 is 0.791 bits per heavy atom. The number of carbonyl (C=O) groups excluding carboxylic acids is 3. The van der Waals surface area contributed by atoms with Gasteiger partial charge in [0.25, 0.3) is 0 Å². The molecule has 16 heteroatoms. The van der Waals surface area contributed by atoms with E-state index >= 15 is 0 Å². The van der Waals surface area contributed by atoms with Crippen LogP contribution in [0.4, 0.5) is 0 Å². The summed E-state index contributed by atoms with van der Waals surface area (Å²) in [4.78, 5) is 51.3. The van der Waals surface area contributed by atoms with Crippen molar-refractivity contribution >= 4 is 35.6 Å². The molecule has 0 aliphatic heterocycles. The van der Waals surface area contributed by atoms with E-state index in [9.17, 15) is 29.4 Å². The highest BCUT2D eigenvalue weighted by atomic mass is 16.4. The zero-order chi connectivity index (χ0) is 32.5. The molecule has 0 saturated carbocycles. The molecule has 0 fully saturated rings. The van der Waals surface area contributed by atoms with Gasteiger partial charge in [0.1, 0.15) is 23.9 Å². The number of hydrogen-bond acceptors (Lipinski definition) is 8. The van der Waals surface area contributed by atoms with E-state index < -0.39 is 47.9 Å². The molecule has 0 aliphatic carbocycles. The van der Waals surface area contributed by atoms with Gasteiger partial charge in [0.05, 0.1) is 6.04 Å². The summed E-state index contributed by atoms with van der Waals surface area (Å²) in [6, 6.07) is 1.69. The zero-order valence-corrected chi connectivity index (χ0v) is 24.6. The lowest BCUT2D eigenvalue weighted by Crippen LogP contribution is -2.57. The van der Waals surface area contributed by atoms with Crippen molar-refractivity contribution in [2.75, 3.05) is 13.1 Å². The number of nitrogens with one attached hydrogen (secondary N) is 7. The van der Waals surface area contributed by atoms with E-state index in [0.29, 0.717) is 18.4 Å². The summed E-state index contributed by atoms with van der Waals surface area (Å²) in [5.41, 5.74) is 17.4. The number of phenols is 1. The van der Waals surface area contributed by atoms with Crippen molar-refractivity contribution in [2.45, 2.75) is 76.5 Å². The quantitative estimate of drug-likeness (QED) is 0.0482. The molecule has 0 saturated heterocycles. The summed E-state index contributed by atoms with van der Waals surface area (Å²) in [6.07, 6.45) is 1.12. The van der Waals surface area contributed by atoms with Crippen LogP contribution in [0.2, 0.25) is 0 Å². The lowest BCUT2D eigenvalue weighted by atomic mass is 10.0. The number of aliphatic carboxylic acids is 1. The first-order valence-electron chi connectivity index (χ1n) is 14.0. The smallest absolute Gasteiger partial charge is 0.326 e. The van der Waals surface area contributed by atoms with Crippen LogP contribution in [-0.4, -0.2) is 83.1 Å². The Balaban J connectivity index is 3.08. The van der Waals surface area contributed by atoms with Crippen LogP contribution in [-0.2, 0) is 25.6 Å². The fraction of sp³-hybridized carbons (Fsp3) is 0.556. The van der Waals surface area contributed by atoms with Crippen molar-refractivity contribution in [3.05, 3.63) is 29.8 Å². The first-order chi connectivity index (χ1) is 20.2. The third-order valence-electron chi connectivity index (χ3n) is 6.29. The zero-order valence-electron chi connectivity index (χ0n) is 24.6. The summed E-state index contributed by atoms with van der Waals surface area (Å²) in [5, 5.41) is 46.6. The predicted octanol–water partition coefficient (Wildman–Crippen LogP) is -1.63. The third-order valence-corrected chi connectivity index (χ3v) is 6.29. The van der Waals surface area contributed by atoms with E-state index in [4.69, 9.17) is 28.0 Å². The minimum atomic E-state index is -1.21. The van der Waals surface area contributed by atoms with Gasteiger partial charge >= 0.3 is 5.97 Å². The summed E-state index contributed by atoms with van der Waals surface area (Å²) in [5.74, 6) is -3.72. The van der Waals surface area contributed by atoms with Crippen LogP contribution in [0, 0.1) is 16.7 Å². The SMILES string of the molecule is CC(C)C[C@H](NC(=O)[C@H](CCCNC(=N)N)NC(=O)[C@H](CCCNC(=N)N)NC(=O)[C@@H](N)Cc1ccc(O)cc1)C(=O)O. The maximum absolute atomic E-state index is 13.4. The Morgan fingerprint density at radius 2 is 1.23 bits per heavy atom. The van der Waals surface area contributed by atoms with Gasteiger partial charge in [0, 0.05) is 13.1 Å². The van der Waals surface area contributed by atoms with Gasteiger partial charge in [-0.3, -0.25) is 25.2 Å². The number of nitrogens with two attached hydrogens (primary N) is 3. The second-order valence-corrected chi connectivity index (χ2v) is 10.6. The molecule has 1 aromatic carbocycles. The molecule has 0 bridgehead atoms. The number of carboxylic acid groups (broad SMARTS) is 1. The molecule has 0 unspecified atom stereocenters. The fourth-order valence-corrected chi connectivity index (χ4v) is 4.09. The van der Waals surface area contributed by atoms with Crippen molar-refractivity contribution in [1.29, 1.82) is 10.8 Å². The van der Waals surface area contributed by atoms with Crippen LogP contribution < -0.4 is 43.8 Å². The molecule has 0 aliphatic rings. The molecule has 4 atom stereocenters. The van der Waals surface area contributed by atoms with Crippen molar-refractivity contribution in [1.82, 2.24) is 26.6 Å². The van der Waals surface area contributed by atoms with Crippen molar-refractivity contribution in [3.8, 4) is 5.75 Å². The third kappa shape index (κ3) is 15.3. The van der Waals surface area contributed by atoms with Gasteiger partial charge in [0.15, 0.2) is 11.9 Å². The van der Waals surface area contributed by atoms with Gasteiger partial charge in [-0.25, -0.2) is 4.79 Å². The van der Waals surface area contributed by atoms with Crippen LogP contribution >= 0.6 is 0 Å². The van der Waals surface area contributed by atoms with Gasteiger partial charge in [0.2, 0.25) is 17.7 Å². The normalized spacial score (nSPS) is 13.6. The Bertz CT molecular complexity index is 1100. The van der Waals surface area contributed by atoms with Crippen LogP contribution in [0.3, 0.4) is 0 Å². The van der Waals surface area contributed by atoms with Gasteiger partial charge in [-0.2, -0.15) is 0 Å². The molecule has 0 aromatic heterocycles. The highest BCUT2D eigenvalue weighted by Gasteiger charge is 2.30. The fourth-order valence-electron chi connectivity index (χ4n) is 4.09. The molecule has 1 rings (SSSR count). The van der Waals surface area contributed by atoms with Crippen LogP contribution in [0.5, 0.6) is 5.75 Å². The van der Waals surface area contributed by atoms with E-state index in [1.165, 1.54) is 12.1 Å². The molecule has 240 valence electrons. The van der Waals surface area contributed by atoms with E-state index in [0.717, 1.165) is 0 Å². The van der Waals surface area contributed by atoms with Gasteiger partial charge in [-0.05, 0) is 62.1 Å². The van der Waals surface area contributed by atoms with Crippen molar-refractivity contribution in [3.63, 3.8) is 0 Å². The second kappa shape index (κ2) is 18.8. The average Bonchev–Trinajstić information content (AvgIpc) is 2.91. The van der Waals surface area contributed by atoms with E-state index in [1.54, 1.807) is 12.1 Å². The predicted molar refractivity (Wildman–Crippen MR) is 161 cm³/mol. The number of benzene rings is 1. The highest BCUT2D eigenvalue weighted by Crippen LogP contribution is 2.12. The molecule has 15 N–H and O–H groups in total. The number of carboxylic acids is 1. The number of hydrogen-bond donors (Lipinski definition) is 12. The number of guanidine groups is 2. The molecule has 3 amide bonds. The number of carbonyl (C=O) groups is 4. The van der Waals surface area contributed by atoms with Crippen molar-refractivity contribution in [2.24, 2.45) is 23.1 Å². The van der Waals surface area contributed by atoms with Gasteiger partial charge in [-0.1, -0.05) is 26.0 Å². The van der Waals surface area contributed by atoms with Crippen LogP contribution in [0.15, 0.2) is 24.3 Å². The second-order valence-electron chi connectivity index (χ2n) is 10.6. The minimum absolute atomic E-state index is 0.0248. The minimum Gasteiger partial charge on any atom is -0.508 e. The highest BCUT2D eigenvalue weighted by molar-refractivity contribution is 5.94. The number of aromatic hydroxyl groups is 1. The Hall–Kier alpha value is -4.60.